The monoisotopic (exact) mass is 258 g/mol. The molecular weight excluding hydrogens is 224 g/mol. The number of rotatable bonds is 14. The molecule has 0 fully saturated rings. The molecule has 0 saturated carbocycles. The van der Waals surface area contributed by atoms with Crippen LogP contribution in [0.15, 0.2) is 0 Å². The molecule has 0 heterocycles. The first-order valence-corrected chi connectivity index (χ1v) is 9.15. The van der Waals surface area contributed by atoms with Crippen molar-refractivity contribution in [1.82, 2.24) is 0 Å². The number of thioether (sulfide) groups is 1. The van der Waals surface area contributed by atoms with Gasteiger partial charge in [0.05, 0.1) is 0 Å². The van der Waals surface area contributed by atoms with Crippen LogP contribution >= 0.6 is 11.8 Å². The Morgan fingerprint density at radius 1 is 0.471 bits per heavy atom. The zero-order valence-corrected chi connectivity index (χ0v) is 13.1. The fourth-order valence-electron chi connectivity index (χ4n) is 2.04. The van der Waals surface area contributed by atoms with E-state index in [0.29, 0.717) is 0 Å². The Kier molecular flexibility index (Phi) is 16.7. The molecule has 0 nitrogen and oxygen atoms in total. The van der Waals surface area contributed by atoms with E-state index in [0.717, 1.165) is 0 Å². The Hall–Kier alpha value is 0.350. The summed E-state index contributed by atoms with van der Waals surface area (Å²) in [5.74, 6) is 2.78. The van der Waals surface area contributed by atoms with Crippen molar-refractivity contribution in [2.75, 3.05) is 11.5 Å². The van der Waals surface area contributed by atoms with E-state index in [1.54, 1.807) is 0 Å². The van der Waals surface area contributed by atoms with Crippen LogP contribution in [0.4, 0.5) is 0 Å². The molecule has 0 unspecified atom stereocenters. The minimum Gasteiger partial charge on any atom is -0.162 e. The van der Waals surface area contributed by atoms with E-state index in [1.165, 1.54) is 88.6 Å². The molecule has 0 aromatic heterocycles. The van der Waals surface area contributed by atoms with Crippen LogP contribution in [0.5, 0.6) is 0 Å². The summed E-state index contributed by atoms with van der Waals surface area (Å²) >= 11 is 2.16. The summed E-state index contributed by atoms with van der Waals surface area (Å²) in [6.45, 7) is 4.57. The van der Waals surface area contributed by atoms with Crippen molar-refractivity contribution in [3.8, 4) is 0 Å². The molecule has 0 aliphatic carbocycles. The highest BCUT2D eigenvalue weighted by molar-refractivity contribution is 7.99. The third-order valence-corrected chi connectivity index (χ3v) is 4.44. The van der Waals surface area contributed by atoms with E-state index in [-0.39, 0.29) is 0 Å². The molecule has 0 rings (SSSR count). The van der Waals surface area contributed by atoms with E-state index in [1.807, 2.05) is 0 Å². The number of unbranched alkanes of at least 4 members (excludes halogenated alkanes) is 10. The van der Waals surface area contributed by atoms with Gasteiger partial charge in [-0.2, -0.15) is 11.8 Å². The molecule has 17 heavy (non-hydrogen) atoms. The first-order valence-electron chi connectivity index (χ1n) is 7.99. The molecule has 0 amide bonds. The fraction of sp³-hybridized carbons (Fsp3) is 1.00. The van der Waals surface area contributed by atoms with Gasteiger partial charge in [-0.3, -0.25) is 0 Å². The standard InChI is InChI=1S/C16H34S/c1-3-5-7-8-9-10-11-12-13-14-16-17-15-6-4-2/h3-16H2,1-2H3. The van der Waals surface area contributed by atoms with E-state index >= 15 is 0 Å². The third-order valence-electron chi connectivity index (χ3n) is 3.28. The second-order valence-corrected chi connectivity index (χ2v) is 6.37. The molecule has 0 aliphatic heterocycles. The Morgan fingerprint density at radius 2 is 0.882 bits per heavy atom. The van der Waals surface area contributed by atoms with Gasteiger partial charge in [-0.25, -0.2) is 0 Å². The van der Waals surface area contributed by atoms with Crippen LogP contribution in [0.2, 0.25) is 0 Å². The van der Waals surface area contributed by atoms with Crippen molar-refractivity contribution in [1.29, 1.82) is 0 Å². The first kappa shape index (κ1) is 17.4. The van der Waals surface area contributed by atoms with Crippen molar-refractivity contribution >= 4 is 11.8 Å². The molecule has 0 radical (unpaired) electrons. The van der Waals surface area contributed by atoms with Crippen LogP contribution in [0.3, 0.4) is 0 Å². The van der Waals surface area contributed by atoms with Crippen LogP contribution < -0.4 is 0 Å². The van der Waals surface area contributed by atoms with E-state index in [2.05, 4.69) is 25.6 Å². The second-order valence-electron chi connectivity index (χ2n) is 5.15. The normalized spacial score (nSPS) is 10.9. The Morgan fingerprint density at radius 3 is 1.41 bits per heavy atom. The van der Waals surface area contributed by atoms with Crippen molar-refractivity contribution in [3.05, 3.63) is 0 Å². The van der Waals surface area contributed by atoms with Crippen LogP contribution in [-0.4, -0.2) is 11.5 Å². The highest BCUT2D eigenvalue weighted by atomic mass is 32.2. The molecule has 0 N–H and O–H groups in total. The molecule has 0 saturated heterocycles. The van der Waals surface area contributed by atoms with Gasteiger partial charge in [0.25, 0.3) is 0 Å². The van der Waals surface area contributed by atoms with Gasteiger partial charge in [0.2, 0.25) is 0 Å². The van der Waals surface area contributed by atoms with Crippen molar-refractivity contribution < 1.29 is 0 Å². The lowest BCUT2D eigenvalue weighted by atomic mass is 10.1. The molecule has 0 aromatic rings. The van der Waals surface area contributed by atoms with Gasteiger partial charge in [-0.15, -0.1) is 0 Å². The summed E-state index contributed by atoms with van der Waals surface area (Å²) in [6.07, 6.45) is 17.3. The third kappa shape index (κ3) is 16.4. The van der Waals surface area contributed by atoms with Crippen LogP contribution in [0.25, 0.3) is 0 Å². The molecule has 0 aliphatic rings. The maximum Gasteiger partial charge on any atom is -0.00675 e. The summed E-state index contributed by atoms with van der Waals surface area (Å²) in [5.41, 5.74) is 0. The quantitative estimate of drug-likeness (QED) is 0.323. The smallest absolute Gasteiger partial charge is 0.00675 e. The van der Waals surface area contributed by atoms with Crippen LogP contribution in [0, 0.1) is 0 Å². The summed E-state index contributed by atoms with van der Waals surface area (Å²) < 4.78 is 0. The predicted molar refractivity (Wildman–Crippen MR) is 84.1 cm³/mol. The van der Waals surface area contributed by atoms with Crippen LogP contribution in [-0.2, 0) is 0 Å². The summed E-state index contributed by atoms with van der Waals surface area (Å²) in [5, 5.41) is 0. The number of hydrogen-bond donors (Lipinski definition) is 0. The van der Waals surface area contributed by atoms with Gasteiger partial charge in [0, 0.05) is 0 Å². The van der Waals surface area contributed by atoms with E-state index in [9.17, 15) is 0 Å². The first-order chi connectivity index (χ1) is 8.41. The fourth-order valence-corrected chi connectivity index (χ4v) is 3.15. The van der Waals surface area contributed by atoms with Crippen molar-refractivity contribution in [2.24, 2.45) is 0 Å². The lowest BCUT2D eigenvalue weighted by molar-refractivity contribution is 0.563. The van der Waals surface area contributed by atoms with Gasteiger partial charge in [-0.05, 0) is 24.3 Å². The van der Waals surface area contributed by atoms with E-state index < -0.39 is 0 Å². The van der Waals surface area contributed by atoms with Crippen molar-refractivity contribution in [3.63, 3.8) is 0 Å². The lowest BCUT2D eigenvalue weighted by Crippen LogP contribution is -1.85. The van der Waals surface area contributed by atoms with E-state index in [4.69, 9.17) is 0 Å². The highest BCUT2D eigenvalue weighted by Gasteiger charge is 1.93. The second kappa shape index (κ2) is 16.4. The van der Waals surface area contributed by atoms with Crippen LogP contribution in [0.1, 0.15) is 90.9 Å². The Bertz CT molecular complexity index is 109. The minimum atomic E-state index is 1.35. The summed E-state index contributed by atoms with van der Waals surface area (Å²) in [4.78, 5) is 0. The molecule has 0 bridgehead atoms. The molecule has 104 valence electrons. The number of hydrogen-bond acceptors (Lipinski definition) is 1. The highest BCUT2D eigenvalue weighted by Crippen LogP contribution is 2.12. The molecule has 0 atom stereocenters. The van der Waals surface area contributed by atoms with Gasteiger partial charge in [0.1, 0.15) is 0 Å². The molecular formula is C16H34S. The van der Waals surface area contributed by atoms with Gasteiger partial charge >= 0.3 is 0 Å². The lowest BCUT2D eigenvalue weighted by Gasteiger charge is -2.02. The molecule has 0 aromatic carbocycles. The maximum absolute atomic E-state index is 2.29. The Labute approximate surface area is 114 Å². The SMILES string of the molecule is CCCCCCCCCCCCSCCCC. The zero-order valence-electron chi connectivity index (χ0n) is 12.3. The average Bonchev–Trinajstić information content (AvgIpc) is 2.35. The molecule has 0 spiro atoms. The topological polar surface area (TPSA) is 0 Å². The Balaban J connectivity index is 2.85. The largest absolute Gasteiger partial charge is 0.162 e. The van der Waals surface area contributed by atoms with Gasteiger partial charge < -0.3 is 0 Å². The summed E-state index contributed by atoms with van der Waals surface area (Å²) in [6, 6.07) is 0. The van der Waals surface area contributed by atoms with Gasteiger partial charge in [0.15, 0.2) is 0 Å². The predicted octanol–water partition coefficient (Wildman–Crippen LogP) is 6.44. The molecule has 1 heteroatoms. The summed E-state index contributed by atoms with van der Waals surface area (Å²) in [7, 11) is 0. The maximum atomic E-state index is 2.29. The van der Waals surface area contributed by atoms with Crippen molar-refractivity contribution in [2.45, 2.75) is 90.9 Å². The average molecular weight is 259 g/mol. The van der Waals surface area contributed by atoms with Gasteiger partial charge in [-0.1, -0.05) is 78.1 Å². The zero-order chi connectivity index (χ0) is 12.6. The minimum absolute atomic E-state index is 1.35.